The first-order chi connectivity index (χ1) is 6.50. The van der Waals surface area contributed by atoms with Crippen molar-refractivity contribution < 1.29 is 14.3 Å². The number of rotatable bonds is 2. The fourth-order valence-electron chi connectivity index (χ4n) is 0.909. The number of carboxylic acid groups (broad SMARTS) is 1. The lowest BCUT2D eigenvalue weighted by molar-refractivity contribution is 0.0692. The van der Waals surface area contributed by atoms with Crippen molar-refractivity contribution in [2.24, 2.45) is 5.73 Å². The first kappa shape index (κ1) is 10.4. The summed E-state index contributed by atoms with van der Waals surface area (Å²) in [5.74, 6) is -2.15. The smallest absolute Gasteiger partial charge is 0.338 e. The van der Waals surface area contributed by atoms with Crippen molar-refractivity contribution in [3.05, 3.63) is 29.6 Å². The summed E-state index contributed by atoms with van der Waals surface area (Å²) in [6.45, 7) is 0. The van der Waals surface area contributed by atoms with Gasteiger partial charge in [-0.05, 0) is 30.4 Å². The quantitative estimate of drug-likeness (QED) is 0.644. The minimum Gasteiger partial charge on any atom is -0.478 e. The van der Waals surface area contributed by atoms with Crippen LogP contribution in [0.2, 0.25) is 0 Å². The molecule has 74 valence electrons. The fourth-order valence-corrected chi connectivity index (χ4v) is 1.03. The van der Waals surface area contributed by atoms with E-state index in [1.807, 2.05) is 0 Å². The summed E-state index contributed by atoms with van der Waals surface area (Å²) >= 11 is 4.53. The van der Waals surface area contributed by atoms with Gasteiger partial charge in [-0.3, -0.25) is 0 Å². The molecule has 0 unspecified atom stereocenters. The molecule has 0 bridgehead atoms. The Hall–Kier alpha value is -1.69. The molecule has 6 heteroatoms. The second-order valence-corrected chi connectivity index (χ2v) is 2.93. The fraction of sp³-hybridized carbons (Fsp3) is 0. The number of benzene rings is 1. The van der Waals surface area contributed by atoms with Gasteiger partial charge < -0.3 is 16.2 Å². The number of halogens is 1. The molecule has 4 nitrogen and oxygen atoms in total. The van der Waals surface area contributed by atoms with Crippen LogP contribution >= 0.6 is 12.2 Å². The number of nitrogens with two attached hydrogens (primary N) is 1. The maximum Gasteiger partial charge on any atom is 0.338 e. The molecule has 0 spiro atoms. The number of anilines is 1. The summed E-state index contributed by atoms with van der Waals surface area (Å²) in [7, 11) is 0. The molecule has 4 N–H and O–H groups in total. The number of thiocarbonyl (C=S) groups is 1. The van der Waals surface area contributed by atoms with E-state index in [-0.39, 0.29) is 5.11 Å². The van der Waals surface area contributed by atoms with Crippen LogP contribution in [0, 0.1) is 5.82 Å². The Morgan fingerprint density at radius 3 is 2.64 bits per heavy atom. The summed E-state index contributed by atoms with van der Waals surface area (Å²) in [5, 5.41) is 11.0. The van der Waals surface area contributed by atoms with Crippen molar-refractivity contribution >= 4 is 29.0 Å². The van der Waals surface area contributed by atoms with E-state index in [1.54, 1.807) is 0 Å². The van der Waals surface area contributed by atoms with Crippen LogP contribution in [0.3, 0.4) is 0 Å². The molecule has 0 aromatic heterocycles. The number of hydrogen-bond donors (Lipinski definition) is 3. The molecule has 1 aromatic rings. The van der Waals surface area contributed by atoms with Crippen LogP contribution in [0.1, 0.15) is 10.4 Å². The highest BCUT2D eigenvalue weighted by Crippen LogP contribution is 2.14. The zero-order valence-corrected chi connectivity index (χ0v) is 7.77. The lowest BCUT2D eigenvalue weighted by Gasteiger charge is -2.04. The van der Waals surface area contributed by atoms with Crippen LogP contribution in [0.15, 0.2) is 18.2 Å². The molecule has 0 atom stereocenters. The number of aromatic carboxylic acids is 1. The summed E-state index contributed by atoms with van der Waals surface area (Å²) in [6, 6.07) is 3.53. The lowest BCUT2D eigenvalue weighted by Crippen LogP contribution is -2.19. The standard InChI is InChI=1S/C8H7FN2O2S/c9-6-3-4(11-8(10)14)1-2-5(6)7(12)13/h1-3H,(H,12,13)(H3,10,11,14). The van der Waals surface area contributed by atoms with E-state index in [4.69, 9.17) is 10.8 Å². The van der Waals surface area contributed by atoms with Gasteiger partial charge in [0.25, 0.3) is 0 Å². The molecule has 1 aromatic carbocycles. The van der Waals surface area contributed by atoms with Gasteiger partial charge in [-0.2, -0.15) is 0 Å². The molecule has 0 saturated carbocycles. The Balaban J connectivity index is 3.00. The Bertz CT molecular complexity index is 395. The van der Waals surface area contributed by atoms with Gasteiger partial charge in [-0.1, -0.05) is 0 Å². The van der Waals surface area contributed by atoms with Gasteiger partial charge in [0.15, 0.2) is 5.11 Å². The third kappa shape index (κ3) is 2.40. The number of carboxylic acids is 1. The minimum atomic E-state index is -1.32. The highest BCUT2D eigenvalue weighted by molar-refractivity contribution is 7.80. The molecular weight excluding hydrogens is 207 g/mol. The SMILES string of the molecule is NC(=S)Nc1ccc(C(=O)O)c(F)c1. The van der Waals surface area contributed by atoms with Gasteiger partial charge in [0.05, 0.1) is 5.56 Å². The Kier molecular flexibility index (Phi) is 2.98. The molecule has 0 radical (unpaired) electrons. The molecule has 0 saturated heterocycles. The van der Waals surface area contributed by atoms with Crippen molar-refractivity contribution in [1.82, 2.24) is 0 Å². The number of hydrogen-bond acceptors (Lipinski definition) is 2. The Labute approximate surface area is 84.5 Å². The van der Waals surface area contributed by atoms with Gasteiger partial charge in [0.1, 0.15) is 5.82 Å². The van der Waals surface area contributed by atoms with Crippen LogP contribution in [0.5, 0.6) is 0 Å². The zero-order valence-electron chi connectivity index (χ0n) is 6.95. The van der Waals surface area contributed by atoms with E-state index >= 15 is 0 Å². The van der Waals surface area contributed by atoms with E-state index in [0.29, 0.717) is 5.69 Å². The molecule has 0 heterocycles. The zero-order chi connectivity index (χ0) is 10.7. The van der Waals surface area contributed by atoms with Gasteiger partial charge >= 0.3 is 5.97 Å². The van der Waals surface area contributed by atoms with E-state index in [0.717, 1.165) is 12.1 Å². The predicted octanol–water partition coefficient (Wildman–Crippen LogP) is 1.18. The van der Waals surface area contributed by atoms with Gasteiger partial charge in [-0.25, -0.2) is 9.18 Å². The monoisotopic (exact) mass is 214 g/mol. The van der Waals surface area contributed by atoms with E-state index in [2.05, 4.69) is 17.5 Å². The molecule has 0 aliphatic rings. The van der Waals surface area contributed by atoms with Crippen LogP contribution in [-0.2, 0) is 0 Å². The molecule has 0 amide bonds. The molecule has 14 heavy (non-hydrogen) atoms. The third-order valence-electron chi connectivity index (χ3n) is 1.47. The van der Waals surface area contributed by atoms with Crippen molar-refractivity contribution in [2.75, 3.05) is 5.32 Å². The van der Waals surface area contributed by atoms with Crippen molar-refractivity contribution in [1.29, 1.82) is 0 Å². The number of nitrogens with one attached hydrogen (secondary N) is 1. The minimum absolute atomic E-state index is 0.00697. The molecular formula is C8H7FN2O2S. The largest absolute Gasteiger partial charge is 0.478 e. The normalized spacial score (nSPS) is 9.50. The van der Waals surface area contributed by atoms with Gasteiger partial charge in [-0.15, -0.1) is 0 Å². The average molecular weight is 214 g/mol. The maximum atomic E-state index is 13.0. The van der Waals surface area contributed by atoms with Crippen molar-refractivity contribution in [3.8, 4) is 0 Å². The Morgan fingerprint density at radius 2 is 2.21 bits per heavy atom. The van der Waals surface area contributed by atoms with Crippen molar-refractivity contribution in [3.63, 3.8) is 0 Å². The summed E-state index contributed by atoms with van der Waals surface area (Å²) in [4.78, 5) is 10.4. The van der Waals surface area contributed by atoms with E-state index in [9.17, 15) is 9.18 Å². The summed E-state index contributed by atoms with van der Waals surface area (Å²) < 4.78 is 13.0. The second kappa shape index (κ2) is 4.01. The second-order valence-electron chi connectivity index (χ2n) is 2.49. The van der Waals surface area contributed by atoms with Crippen LogP contribution in [-0.4, -0.2) is 16.2 Å². The third-order valence-corrected chi connectivity index (χ3v) is 1.57. The highest BCUT2D eigenvalue weighted by Gasteiger charge is 2.10. The molecule has 0 aliphatic carbocycles. The molecule has 1 rings (SSSR count). The average Bonchev–Trinajstić information content (AvgIpc) is 2.01. The van der Waals surface area contributed by atoms with Crippen LogP contribution in [0.25, 0.3) is 0 Å². The summed E-state index contributed by atoms with van der Waals surface area (Å²) in [6.07, 6.45) is 0. The lowest BCUT2D eigenvalue weighted by atomic mass is 10.2. The topological polar surface area (TPSA) is 75.3 Å². The van der Waals surface area contributed by atoms with Gasteiger partial charge in [0, 0.05) is 5.69 Å². The van der Waals surface area contributed by atoms with Gasteiger partial charge in [0.2, 0.25) is 0 Å². The maximum absolute atomic E-state index is 13.0. The first-order valence-corrected chi connectivity index (χ1v) is 4.01. The first-order valence-electron chi connectivity index (χ1n) is 3.60. The Morgan fingerprint density at radius 1 is 1.57 bits per heavy atom. The summed E-state index contributed by atoms with van der Waals surface area (Å²) in [5.41, 5.74) is 5.08. The van der Waals surface area contributed by atoms with E-state index in [1.165, 1.54) is 6.07 Å². The van der Waals surface area contributed by atoms with Crippen LogP contribution < -0.4 is 11.1 Å². The van der Waals surface area contributed by atoms with Crippen molar-refractivity contribution in [2.45, 2.75) is 0 Å². The number of carbonyl (C=O) groups is 1. The predicted molar refractivity (Wildman–Crippen MR) is 53.8 cm³/mol. The van der Waals surface area contributed by atoms with Crippen LogP contribution in [0.4, 0.5) is 10.1 Å². The highest BCUT2D eigenvalue weighted by atomic mass is 32.1. The molecule has 0 fully saturated rings. The van der Waals surface area contributed by atoms with E-state index < -0.39 is 17.3 Å². The molecule has 0 aliphatic heterocycles.